The first-order valence-electron chi connectivity index (χ1n) is 6.02. The van der Waals surface area contributed by atoms with Crippen LogP contribution in [0.2, 0.25) is 0 Å². The summed E-state index contributed by atoms with van der Waals surface area (Å²) in [4.78, 5) is 23.0. The largest absolute Gasteiger partial charge is 0.479 e. The number of carbonyl (C=O) groups is 2. The number of aliphatic carboxylic acids is 1. The molecular formula is C13H15F3N2O3. The molecule has 0 bridgehead atoms. The van der Waals surface area contributed by atoms with Crippen molar-refractivity contribution in [3.05, 3.63) is 35.9 Å². The van der Waals surface area contributed by atoms with Gasteiger partial charge < -0.3 is 15.7 Å². The highest BCUT2D eigenvalue weighted by Crippen LogP contribution is 2.20. The third kappa shape index (κ3) is 5.07. The van der Waals surface area contributed by atoms with Gasteiger partial charge in [0, 0.05) is 0 Å². The van der Waals surface area contributed by atoms with Gasteiger partial charge in [0.05, 0.1) is 13.1 Å². The van der Waals surface area contributed by atoms with Crippen molar-refractivity contribution in [2.24, 2.45) is 0 Å². The highest BCUT2D eigenvalue weighted by atomic mass is 19.4. The summed E-state index contributed by atoms with van der Waals surface area (Å²) in [5.74, 6) is -2.15. The summed E-state index contributed by atoms with van der Waals surface area (Å²) in [6, 6.07) is 7.91. The maximum Gasteiger partial charge on any atom is 0.401 e. The van der Waals surface area contributed by atoms with Crippen molar-refractivity contribution < 1.29 is 27.9 Å². The summed E-state index contributed by atoms with van der Waals surface area (Å²) >= 11 is 0. The Labute approximate surface area is 119 Å². The van der Waals surface area contributed by atoms with Crippen LogP contribution in [0.15, 0.2) is 30.3 Å². The topological polar surface area (TPSA) is 78.4 Å². The van der Waals surface area contributed by atoms with E-state index in [4.69, 9.17) is 0 Å². The number of amides is 1. The number of benzene rings is 1. The lowest BCUT2D eigenvalue weighted by atomic mass is 9.92. The van der Waals surface area contributed by atoms with E-state index in [-0.39, 0.29) is 0 Å². The zero-order chi connectivity index (χ0) is 16.1. The van der Waals surface area contributed by atoms with E-state index in [2.05, 4.69) is 5.32 Å². The molecule has 5 nitrogen and oxygen atoms in total. The van der Waals surface area contributed by atoms with Gasteiger partial charge in [0.2, 0.25) is 5.91 Å². The number of rotatable bonds is 6. The Kier molecular flexibility index (Phi) is 5.31. The van der Waals surface area contributed by atoms with Gasteiger partial charge in [0.1, 0.15) is 0 Å². The number of hydrogen-bond acceptors (Lipinski definition) is 3. The molecule has 21 heavy (non-hydrogen) atoms. The van der Waals surface area contributed by atoms with E-state index >= 15 is 0 Å². The number of carboxylic acid groups (broad SMARTS) is 1. The predicted molar refractivity (Wildman–Crippen MR) is 68.5 cm³/mol. The molecule has 1 aromatic rings. The minimum absolute atomic E-state index is 0.321. The molecule has 116 valence electrons. The van der Waals surface area contributed by atoms with Crippen molar-refractivity contribution in [2.75, 3.05) is 13.1 Å². The first kappa shape index (κ1) is 17.0. The average molecular weight is 304 g/mol. The first-order chi connectivity index (χ1) is 9.65. The summed E-state index contributed by atoms with van der Waals surface area (Å²) < 4.78 is 35.8. The second-order valence-corrected chi connectivity index (χ2v) is 4.56. The molecule has 1 unspecified atom stereocenters. The third-order valence-electron chi connectivity index (χ3n) is 2.78. The molecule has 0 aliphatic carbocycles. The van der Waals surface area contributed by atoms with Crippen LogP contribution in [-0.4, -0.2) is 36.2 Å². The molecule has 0 saturated carbocycles. The molecule has 0 aliphatic rings. The lowest BCUT2D eigenvalue weighted by Gasteiger charge is -2.27. The van der Waals surface area contributed by atoms with Gasteiger partial charge in [-0.3, -0.25) is 4.79 Å². The number of halogens is 3. The van der Waals surface area contributed by atoms with Gasteiger partial charge >= 0.3 is 12.1 Å². The number of hydrogen-bond donors (Lipinski definition) is 3. The van der Waals surface area contributed by atoms with Crippen molar-refractivity contribution in [1.29, 1.82) is 0 Å². The van der Waals surface area contributed by atoms with Crippen molar-refractivity contribution in [3.63, 3.8) is 0 Å². The van der Waals surface area contributed by atoms with E-state index in [1.54, 1.807) is 18.2 Å². The summed E-state index contributed by atoms with van der Waals surface area (Å²) in [7, 11) is 0. The summed E-state index contributed by atoms with van der Waals surface area (Å²) in [6.07, 6.45) is -4.43. The fourth-order valence-corrected chi connectivity index (χ4v) is 1.66. The summed E-state index contributed by atoms with van der Waals surface area (Å²) in [5, 5.41) is 13.4. The van der Waals surface area contributed by atoms with E-state index in [1.165, 1.54) is 19.1 Å². The SMILES string of the molecule is CC(NC(=O)CNCC(F)(F)F)(C(=O)O)c1ccccc1. The standard InChI is InChI=1S/C13H15F3N2O3/c1-12(11(20)21,9-5-3-2-4-6-9)18-10(19)7-17-8-13(14,15)16/h2-6,17H,7-8H2,1H3,(H,18,19)(H,20,21). The molecule has 1 amide bonds. The van der Waals surface area contributed by atoms with E-state index in [1.807, 2.05) is 5.32 Å². The van der Waals surface area contributed by atoms with Gasteiger partial charge in [-0.15, -0.1) is 0 Å². The number of nitrogens with one attached hydrogen (secondary N) is 2. The Morgan fingerprint density at radius 1 is 1.19 bits per heavy atom. The Morgan fingerprint density at radius 2 is 1.76 bits per heavy atom. The molecule has 0 aliphatic heterocycles. The maximum atomic E-state index is 11.9. The lowest BCUT2D eigenvalue weighted by Crippen LogP contribution is -2.52. The molecule has 0 fully saturated rings. The molecule has 0 heterocycles. The highest BCUT2D eigenvalue weighted by molar-refractivity contribution is 5.88. The van der Waals surface area contributed by atoms with Gasteiger partial charge in [-0.2, -0.15) is 13.2 Å². The highest BCUT2D eigenvalue weighted by Gasteiger charge is 2.36. The van der Waals surface area contributed by atoms with Crippen LogP contribution < -0.4 is 10.6 Å². The molecular weight excluding hydrogens is 289 g/mol. The predicted octanol–water partition coefficient (Wildman–Crippen LogP) is 1.25. The Hall–Kier alpha value is -2.09. The normalized spacial score (nSPS) is 14.3. The fourth-order valence-electron chi connectivity index (χ4n) is 1.66. The molecule has 0 saturated heterocycles. The quantitative estimate of drug-likeness (QED) is 0.739. The first-order valence-corrected chi connectivity index (χ1v) is 6.02. The minimum Gasteiger partial charge on any atom is -0.479 e. The fraction of sp³-hybridized carbons (Fsp3) is 0.385. The number of alkyl halides is 3. The van der Waals surface area contributed by atoms with Gasteiger partial charge in [-0.25, -0.2) is 4.79 Å². The second-order valence-electron chi connectivity index (χ2n) is 4.56. The van der Waals surface area contributed by atoms with Gasteiger partial charge in [0.25, 0.3) is 0 Å². The molecule has 0 spiro atoms. The van der Waals surface area contributed by atoms with E-state index in [0.29, 0.717) is 5.56 Å². The van der Waals surface area contributed by atoms with E-state index in [0.717, 1.165) is 0 Å². The molecule has 1 rings (SSSR count). The summed E-state index contributed by atoms with van der Waals surface area (Å²) in [6.45, 7) is -0.683. The van der Waals surface area contributed by atoms with Crippen LogP contribution in [0.5, 0.6) is 0 Å². The van der Waals surface area contributed by atoms with Crippen LogP contribution in [-0.2, 0) is 15.1 Å². The molecule has 0 aromatic heterocycles. The zero-order valence-electron chi connectivity index (χ0n) is 11.2. The Morgan fingerprint density at radius 3 is 2.24 bits per heavy atom. The minimum atomic E-state index is -4.43. The van der Waals surface area contributed by atoms with Crippen LogP contribution >= 0.6 is 0 Å². The van der Waals surface area contributed by atoms with Crippen LogP contribution in [0.3, 0.4) is 0 Å². The molecule has 0 radical (unpaired) electrons. The van der Waals surface area contributed by atoms with Crippen molar-refractivity contribution in [1.82, 2.24) is 10.6 Å². The lowest BCUT2D eigenvalue weighted by molar-refractivity contribution is -0.147. The Bertz CT molecular complexity index is 505. The van der Waals surface area contributed by atoms with Crippen LogP contribution in [0, 0.1) is 0 Å². The second kappa shape index (κ2) is 6.57. The zero-order valence-corrected chi connectivity index (χ0v) is 11.2. The van der Waals surface area contributed by atoms with Gasteiger partial charge in [0.15, 0.2) is 5.54 Å². The van der Waals surface area contributed by atoms with E-state index < -0.39 is 36.7 Å². The molecule has 1 aromatic carbocycles. The van der Waals surface area contributed by atoms with Crippen molar-refractivity contribution in [2.45, 2.75) is 18.6 Å². The monoisotopic (exact) mass is 304 g/mol. The van der Waals surface area contributed by atoms with Crippen LogP contribution in [0.4, 0.5) is 13.2 Å². The summed E-state index contributed by atoms with van der Waals surface area (Å²) in [5.41, 5.74) is -1.39. The molecule has 3 N–H and O–H groups in total. The van der Waals surface area contributed by atoms with Crippen molar-refractivity contribution >= 4 is 11.9 Å². The molecule has 8 heteroatoms. The van der Waals surface area contributed by atoms with Gasteiger partial charge in [-0.1, -0.05) is 30.3 Å². The average Bonchev–Trinajstić information content (AvgIpc) is 2.37. The Balaban J connectivity index is 2.72. The third-order valence-corrected chi connectivity index (χ3v) is 2.78. The number of carboxylic acids is 1. The molecule has 1 atom stereocenters. The van der Waals surface area contributed by atoms with Crippen molar-refractivity contribution in [3.8, 4) is 0 Å². The smallest absolute Gasteiger partial charge is 0.401 e. The van der Waals surface area contributed by atoms with Crippen LogP contribution in [0.1, 0.15) is 12.5 Å². The number of carbonyl (C=O) groups excluding carboxylic acids is 1. The van der Waals surface area contributed by atoms with Crippen LogP contribution in [0.25, 0.3) is 0 Å². The van der Waals surface area contributed by atoms with E-state index in [9.17, 15) is 27.9 Å². The maximum absolute atomic E-state index is 11.9. The van der Waals surface area contributed by atoms with Gasteiger partial charge in [-0.05, 0) is 12.5 Å².